The lowest BCUT2D eigenvalue weighted by Gasteiger charge is -2.10. The van der Waals surface area contributed by atoms with Gasteiger partial charge >= 0.3 is 6.16 Å². The summed E-state index contributed by atoms with van der Waals surface area (Å²) in [6.07, 6.45) is 1.39. The van der Waals surface area contributed by atoms with E-state index in [-0.39, 0.29) is 11.7 Å². The van der Waals surface area contributed by atoms with Crippen LogP contribution in [0.3, 0.4) is 0 Å². The molecule has 0 bridgehead atoms. The van der Waals surface area contributed by atoms with Crippen LogP contribution in [0, 0.1) is 6.92 Å². The van der Waals surface area contributed by atoms with Gasteiger partial charge in [-0.05, 0) is 18.6 Å². The van der Waals surface area contributed by atoms with Crippen molar-refractivity contribution in [1.29, 1.82) is 0 Å². The molecule has 0 radical (unpaired) electrons. The van der Waals surface area contributed by atoms with Gasteiger partial charge in [-0.3, -0.25) is 4.79 Å². The Balaban J connectivity index is 1.93. The van der Waals surface area contributed by atoms with Crippen LogP contribution >= 0.6 is 0 Å². The number of amides is 1. The average Bonchev–Trinajstić information content (AvgIpc) is 3.04. The minimum Gasteiger partial charge on any atom is -0.449 e. The number of aromatic nitrogens is 3. The van der Waals surface area contributed by atoms with Gasteiger partial charge in [0.1, 0.15) is 12.2 Å². The second kappa shape index (κ2) is 5.05. The molecule has 0 fully saturated rings. The first-order valence-corrected chi connectivity index (χ1v) is 7.19. The molecule has 24 heavy (non-hydrogen) atoms. The molecular formula is C16H12N4O4. The predicted molar refractivity (Wildman–Crippen MR) is 83.3 cm³/mol. The Hall–Kier alpha value is -3.42. The minimum absolute atomic E-state index is 0.163. The summed E-state index contributed by atoms with van der Waals surface area (Å²) in [6.45, 7) is 1.71. The number of para-hydroxylation sites is 1. The van der Waals surface area contributed by atoms with Gasteiger partial charge in [0.25, 0.3) is 0 Å². The van der Waals surface area contributed by atoms with Crippen molar-refractivity contribution in [3.63, 3.8) is 0 Å². The summed E-state index contributed by atoms with van der Waals surface area (Å²) in [7, 11) is 0. The molecule has 8 heteroatoms. The number of carboxylic acid groups (broad SMARTS) is 1. The highest BCUT2D eigenvalue weighted by Gasteiger charge is 2.35. The first kappa shape index (κ1) is 14.2. The number of carbonyl (C=O) groups excluding carboxylic acids is 1. The Bertz CT molecular complexity index is 995. The molecule has 8 nitrogen and oxygen atoms in total. The Kier molecular flexibility index (Phi) is 2.99. The molecule has 120 valence electrons. The van der Waals surface area contributed by atoms with Crippen LogP contribution in [-0.4, -0.2) is 31.8 Å². The van der Waals surface area contributed by atoms with Gasteiger partial charge in [0.05, 0.1) is 17.4 Å². The molecule has 1 unspecified atom stereocenters. The third kappa shape index (κ3) is 2.00. The first-order valence-electron chi connectivity index (χ1n) is 7.19. The van der Waals surface area contributed by atoms with Crippen LogP contribution in [0.5, 0.6) is 5.75 Å². The Morgan fingerprint density at radius 2 is 2.17 bits per heavy atom. The van der Waals surface area contributed by atoms with E-state index in [4.69, 9.17) is 9.84 Å². The van der Waals surface area contributed by atoms with Crippen LogP contribution < -0.4 is 10.1 Å². The monoisotopic (exact) mass is 324 g/mol. The van der Waals surface area contributed by atoms with Crippen LogP contribution in [0.1, 0.15) is 22.7 Å². The molecule has 0 saturated carbocycles. The van der Waals surface area contributed by atoms with Crippen molar-refractivity contribution < 1.29 is 19.4 Å². The number of nitrogens with zero attached hydrogens (tertiary/aromatic N) is 3. The molecular weight excluding hydrogens is 312 g/mol. The standard InChI is InChI=1S/C16H12N4O4/c1-8-11(24-16(22)23)6-20-14(8)13(17-7-18-20)12-9-4-2-3-5-10(9)19-15(12)21/h2-7,12H,1H3,(H,19,21)(H,22,23). The minimum atomic E-state index is -1.41. The van der Waals surface area contributed by atoms with E-state index in [2.05, 4.69) is 15.4 Å². The quantitative estimate of drug-likeness (QED) is 0.700. The molecule has 0 spiro atoms. The van der Waals surface area contributed by atoms with Crippen molar-refractivity contribution in [3.8, 4) is 5.75 Å². The van der Waals surface area contributed by atoms with Crippen molar-refractivity contribution in [2.75, 3.05) is 5.32 Å². The molecule has 1 aliphatic heterocycles. The third-order valence-electron chi connectivity index (χ3n) is 4.07. The van der Waals surface area contributed by atoms with E-state index in [1.165, 1.54) is 17.0 Å². The van der Waals surface area contributed by atoms with Gasteiger partial charge in [0.2, 0.25) is 5.91 Å². The van der Waals surface area contributed by atoms with Gasteiger partial charge in [-0.2, -0.15) is 5.10 Å². The zero-order valence-corrected chi connectivity index (χ0v) is 12.6. The molecule has 4 rings (SSSR count). The number of carbonyl (C=O) groups is 2. The third-order valence-corrected chi connectivity index (χ3v) is 4.07. The van der Waals surface area contributed by atoms with E-state index in [1.807, 2.05) is 24.3 Å². The van der Waals surface area contributed by atoms with Crippen molar-refractivity contribution in [1.82, 2.24) is 14.6 Å². The summed E-state index contributed by atoms with van der Waals surface area (Å²) in [5.41, 5.74) is 3.20. The first-order chi connectivity index (χ1) is 11.6. The van der Waals surface area contributed by atoms with E-state index in [9.17, 15) is 9.59 Å². The fourth-order valence-corrected chi connectivity index (χ4v) is 3.05. The fraction of sp³-hybridized carbons (Fsp3) is 0.125. The molecule has 0 aliphatic carbocycles. The maximum absolute atomic E-state index is 12.5. The summed E-state index contributed by atoms with van der Waals surface area (Å²) in [5, 5.41) is 15.8. The van der Waals surface area contributed by atoms with E-state index >= 15 is 0 Å². The Labute approximate surface area is 135 Å². The van der Waals surface area contributed by atoms with Crippen LogP contribution in [0.15, 0.2) is 36.8 Å². The highest BCUT2D eigenvalue weighted by Crippen LogP contribution is 2.39. The normalized spacial score (nSPS) is 16.0. The van der Waals surface area contributed by atoms with Gasteiger partial charge < -0.3 is 15.2 Å². The molecule has 1 atom stereocenters. The van der Waals surface area contributed by atoms with Crippen molar-refractivity contribution in [2.24, 2.45) is 0 Å². The summed E-state index contributed by atoms with van der Waals surface area (Å²) in [4.78, 5) is 27.6. The van der Waals surface area contributed by atoms with Crippen molar-refractivity contribution >= 4 is 23.3 Å². The van der Waals surface area contributed by atoms with Crippen LogP contribution in [0.2, 0.25) is 0 Å². The van der Waals surface area contributed by atoms with Gasteiger partial charge in [0.15, 0.2) is 5.75 Å². The Morgan fingerprint density at radius 1 is 1.38 bits per heavy atom. The maximum Gasteiger partial charge on any atom is 0.511 e. The zero-order chi connectivity index (χ0) is 16.8. The molecule has 3 heterocycles. The number of fused-ring (bicyclic) bond motifs is 2. The van der Waals surface area contributed by atoms with Crippen molar-refractivity contribution in [2.45, 2.75) is 12.8 Å². The van der Waals surface area contributed by atoms with Gasteiger partial charge in [-0.15, -0.1) is 0 Å². The molecule has 2 N–H and O–H groups in total. The molecule has 2 aromatic heterocycles. The molecule has 0 saturated heterocycles. The molecule has 3 aromatic rings. The number of aryl methyl sites for hydroxylation is 1. The SMILES string of the molecule is Cc1c(OC(=O)O)cn2ncnc(C3C(=O)Nc4ccccc43)c12. The number of benzene rings is 1. The van der Waals surface area contributed by atoms with Gasteiger partial charge in [-0.1, -0.05) is 18.2 Å². The number of hydrogen-bond acceptors (Lipinski definition) is 5. The highest BCUT2D eigenvalue weighted by atomic mass is 16.7. The number of rotatable bonds is 2. The lowest BCUT2D eigenvalue weighted by molar-refractivity contribution is -0.116. The predicted octanol–water partition coefficient (Wildman–Crippen LogP) is 2.18. The van der Waals surface area contributed by atoms with Crippen LogP contribution in [-0.2, 0) is 4.79 Å². The fourth-order valence-electron chi connectivity index (χ4n) is 3.05. The summed E-state index contributed by atoms with van der Waals surface area (Å²) in [5.74, 6) is -0.605. The van der Waals surface area contributed by atoms with Crippen LogP contribution in [0.25, 0.3) is 5.52 Å². The number of hydrogen-bond donors (Lipinski definition) is 2. The lowest BCUT2D eigenvalue weighted by atomic mass is 9.95. The summed E-state index contributed by atoms with van der Waals surface area (Å²) < 4.78 is 6.25. The van der Waals surface area contributed by atoms with E-state index in [0.29, 0.717) is 16.8 Å². The average molecular weight is 324 g/mol. The second-order valence-corrected chi connectivity index (χ2v) is 5.43. The largest absolute Gasteiger partial charge is 0.511 e. The number of ether oxygens (including phenoxy) is 1. The number of nitrogens with one attached hydrogen (secondary N) is 1. The topological polar surface area (TPSA) is 106 Å². The Morgan fingerprint density at radius 3 is 2.96 bits per heavy atom. The summed E-state index contributed by atoms with van der Waals surface area (Å²) in [6, 6.07) is 7.39. The highest BCUT2D eigenvalue weighted by molar-refractivity contribution is 6.05. The number of anilines is 1. The van der Waals surface area contributed by atoms with Gasteiger partial charge in [-0.25, -0.2) is 14.3 Å². The van der Waals surface area contributed by atoms with E-state index in [1.54, 1.807) is 6.92 Å². The van der Waals surface area contributed by atoms with E-state index in [0.717, 1.165) is 11.3 Å². The molecule has 1 amide bonds. The van der Waals surface area contributed by atoms with E-state index < -0.39 is 12.1 Å². The second-order valence-electron chi connectivity index (χ2n) is 5.43. The molecule has 1 aliphatic rings. The van der Waals surface area contributed by atoms with Crippen molar-refractivity contribution in [3.05, 3.63) is 53.6 Å². The summed E-state index contributed by atoms with van der Waals surface area (Å²) >= 11 is 0. The zero-order valence-electron chi connectivity index (χ0n) is 12.6. The molecule has 1 aromatic carbocycles. The van der Waals surface area contributed by atoms with Gasteiger partial charge in [0, 0.05) is 11.3 Å². The van der Waals surface area contributed by atoms with Crippen LogP contribution in [0.4, 0.5) is 10.5 Å². The lowest BCUT2D eigenvalue weighted by Crippen LogP contribution is -2.16. The smallest absolute Gasteiger partial charge is 0.449 e. The maximum atomic E-state index is 12.5.